The molecule has 0 saturated carbocycles. The van der Waals surface area contributed by atoms with Gasteiger partial charge in [-0.25, -0.2) is 4.68 Å². The van der Waals surface area contributed by atoms with Gasteiger partial charge in [0.2, 0.25) is 0 Å². The van der Waals surface area contributed by atoms with Crippen molar-refractivity contribution in [2.24, 2.45) is 0 Å². The lowest BCUT2D eigenvalue weighted by atomic mass is 10.2. The normalized spacial score (nSPS) is 13.2. The minimum absolute atomic E-state index is 0.408. The molecule has 16 heavy (non-hydrogen) atoms. The highest BCUT2D eigenvalue weighted by molar-refractivity contribution is 6.42. The lowest BCUT2D eigenvalue weighted by Crippen LogP contribution is -2.15. The van der Waals surface area contributed by atoms with Crippen LogP contribution in [-0.4, -0.2) is 26.2 Å². The third kappa shape index (κ3) is 2.14. The van der Waals surface area contributed by atoms with Crippen molar-refractivity contribution >= 4 is 34.2 Å². The molecule has 0 bridgehead atoms. The lowest BCUT2D eigenvalue weighted by Gasteiger charge is -2.07. The molecule has 2 aromatic rings. The van der Waals surface area contributed by atoms with Crippen LogP contribution in [-0.2, 0) is 6.54 Å². The van der Waals surface area contributed by atoms with Gasteiger partial charge in [0, 0.05) is 0 Å². The van der Waals surface area contributed by atoms with Gasteiger partial charge >= 0.3 is 0 Å². The maximum atomic E-state index is 9.57. The molecule has 0 radical (unpaired) electrons. The summed E-state index contributed by atoms with van der Waals surface area (Å²) in [5.74, 6) is 0. The van der Waals surface area contributed by atoms with Crippen LogP contribution in [0.4, 0.5) is 0 Å². The van der Waals surface area contributed by atoms with E-state index >= 15 is 0 Å². The van der Waals surface area contributed by atoms with Crippen LogP contribution in [0.2, 0.25) is 10.0 Å². The second kappa shape index (κ2) is 4.57. The molecule has 0 aliphatic heterocycles. The van der Waals surface area contributed by atoms with Crippen molar-refractivity contribution < 1.29 is 5.11 Å². The molecule has 1 aromatic carbocycles. The Labute approximate surface area is 103 Å². The van der Waals surface area contributed by atoms with Gasteiger partial charge in [0.05, 0.1) is 28.2 Å². The fourth-order valence-corrected chi connectivity index (χ4v) is 1.74. The van der Waals surface area contributed by atoms with Gasteiger partial charge in [0.25, 0.3) is 0 Å². The molecular formula is C10H11Cl2N3O. The summed E-state index contributed by atoms with van der Waals surface area (Å²) in [6.45, 7) is 2.32. The maximum absolute atomic E-state index is 9.57. The number of aromatic nitrogens is 3. The third-order valence-electron chi connectivity index (χ3n) is 2.41. The summed E-state index contributed by atoms with van der Waals surface area (Å²) in [4.78, 5) is 0. The fraction of sp³-hybridized carbons (Fsp3) is 0.400. The smallest absolute Gasteiger partial charge is 0.114 e. The van der Waals surface area contributed by atoms with E-state index < -0.39 is 6.10 Å². The summed E-state index contributed by atoms with van der Waals surface area (Å²) >= 11 is 11.8. The van der Waals surface area contributed by atoms with E-state index in [9.17, 15) is 5.11 Å². The van der Waals surface area contributed by atoms with E-state index in [2.05, 4.69) is 10.3 Å². The number of rotatable bonds is 3. The van der Waals surface area contributed by atoms with Crippen molar-refractivity contribution in [2.75, 3.05) is 0 Å². The van der Waals surface area contributed by atoms with Gasteiger partial charge in [0.15, 0.2) is 0 Å². The number of halogens is 2. The Morgan fingerprint density at radius 1 is 1.38 bits per heavy atom. The van der Waals surface area contributed by atoms with E-state index in [1.165, 1.54) is 0 Å². The lowest BCUT2D eigenvalue weighted by molar-refractivity contribution is 0.146. The van der Waals surface area contributed by atoms with E-state index in [1.807, 2.05) is 6.92 Å². The van der Waals surface area contributed by atoms with Gasteiger partial charge in [0.1, 0.15) is 5.52 Å². The summed E-state index contributed by atoms with van der Waals surface area (Å²) in [5.41, 5.74) is 1.46. The molecule has 0 saturated heterocycles. The predicted octanol–water partition coefficient (Wildman–Crippen LogP) is 2.51. The minimum atomic E-state index is -0.431. The van der Waals surface area contributed by atoms with Crippen LogP contribution in [0.25, 0.3) is 11.0 Å². The first-order valence-electron chi connectivity index (χ1n) is 4.98. The van der Waals surface area contributed by atoms with Crippen LogP contribution in [0.3, 0.4) is 0 Å². The van der Waals surface area contributed by atoms with Crippen molar-refractivity contribution in [3.05, 3.63) is 22.2 Å². The van der Waals surface area contributed by atoms with Crippen LogP contribution < -0.4 is 0 Å². The van der Waals surface area contributed by atoms with Gasteiger partial charge in [-0.3, -0.25) is 0 Å². The van der Waals surface area contributed by atoms with Crippen molar-refractivity contribution in [1.82, 2.24) is 15.0 Å². The Morgan fingerprint density at radius 2 is 2.06 bits per heavy atom. The van der Waals surface area contributed by atoms with Crippen LogP contribution in [0, 0.1) is 0 Å². The molecule has 0 unspecified atom stereocenters. The number of benzene rings is 1. The molecule has 0 fully saturated rings. The first kappa shape index (κ1) is 11.6. The van der Waals surface area contributed by atoms with Gasteiger partial charge in [-0.15, -0.1) is 5.10 Å². The van der Waals surface area contributed by atoms with Crippen molar-refractivity contribution in [3.8, 4) is 0 Å². The number of hydrogen-bond acceptors (Lipinski definition) is 3. The van der Waals surface area contributed by atoms with Crippen molar-refractivity contribution in [2.45, 2.75) is 26.0 Å². The summed E-state index contributed by atoms with van der Waals surface area (Å²) in [6.07, 6.45) is 0.238. The Morgan fingerprint density at radius 3 is 2.75 bits per heavy atom. The topological polar surface area (TPSA) is 50.9 Å². The Balaban J connectivity index is 2.44. The second-order valence-electron chi connectivity index (χ2n) is 3.59. The van der Waals surface area contributed by atoms with Crippen molar-refractivity contribution in [1.29, 1.82) is 0 Å². The number of aliphatic hydroxyl groups is 1. The number of hydrogen-bond donors (Lipinski definition) is 1. The zero-order valence-electron chi connectivity index (χ0n) is 8.69. The minimum Gasteiger partial charge on any atom is -0.391 e. The molecule has 0 aliphatic carbocycles. The highest BCUT2D eigenvalue weighted by Gasteiger charge is 2.10. The molecule has 1 aromatic heterocycles. The monoisotopic (exact) mass is 259 g/mol. The maximum Gasteiger partial charge on any atom is 0.114 e. The van der Waals surface area contributed by atoms with Crippen LogP contribution in [0.5, 0.6) is 0 Å². The van der Waals surface area contributed by atoms with E-state index in [4.69, 9.17) is 23.2 Å². The summed E-state index contributed by atoms with van der Waals surface area (Å²) in [5, 5.41) is 18.4. The highest BCUT2D eigenvalue weighted by atomic mass is 35.5. The van der Waals surface area contributed by atoms with Crippen molar-refractivity contribution in [3.63, 3.8) is 0 Å². The molecule has 1 atom stereocenters. The summed E-state index contributed by atoms with van der Waals surface area (Å²) in [6, 6.07) is 3.38. The van der Waals surface area contributed by atoms with Gasteiger partial charge in [-0.1, -0.05) is 35.3 Å². The van der Waals surface area contributed by atoms with Crippen LogP contribution in [0.1, 0.15) is 13.3 Å². The van der Waals surface area contributed by atoms with Crippen LogP contribution in [0.15, 0.2) is 12.1 Å². The van der Waals surface area contributed by atoms with E-state index in [0.717, 1.165) is 5.52 Å². The van der Waals surface area contributed by atoms with E-state index in [1.54, 1.807) is 16.8 Å². The highest BCUT2D eigenvalue weighted by Crippen LogP contribution is 2.26. The molecule has 4 nitrogen and oxygen atoms in total. The Kier molecular flexibility index (Phi) is 3.33. The number of aliphatic hydroxyl groups excluding tert-OH is 1. The Hall–Kier alpha value is -0.840. The molecule has 1 heterocycles. The fourth-order valence-electron chi connectivity index (χ4n) is 1.43. The first-order valence-corrected chi connectivity index (χ1v) is 5.73. The van der Waals surface area contributed by atoms with Crippen LogP contribution >= 0.6 is 23.2 Å². The first-order chi connectivity index (χ1) is 7.61. The predicted molar refractivity (Wildman–Crippen MR) is 63.8 cm³/mol. The third-order valence-corrected chi connectivity index (χ3v) is 3.13. The molecular weight excluding hydrogens is 249 g/mol. The summed E-state index contributed by atoms with van der Waals surface area (Å²) < 4.78 is 1.63. The molecule has 86 valence electrons. The van der Waals surface area contributed by atoms with Gasteiger partial charge < -0.3 is 5.11 Å². The zero-order valence-corrected chi connectivity index (χ0v) is 10.2. The largest absolute Gasteiger partial charge is 0.391 e. The average Bonchev–Trinajstić information content (AvgIpc) is 2.62. The standard InChI is InChI=1S/C10H11Cl2N3O/c1-2-6(16)5-15-10-4-8(12)7(11)3-9(10)13-14-15/h3-4,6,16H,2,5H2,1H3/t6-/m1/s1. The van der Waals surface area contributed by atoms with E-state index in [-0.39, 0.29) is 0 Å². The zero-order chi connectivity index (χ0) is 11.7. The number of nitrogens with zero attached hydrogens (tertiary/aromatic N) is 3. The molecule has 0 amide bonds. The SMILES string of the molecule is CC[C@@H](O)Cn1nnc2cc(Cl)c(Cl)cc21. The molecule has 2 rings (SSSR count). The molecule has 0 spiro atoms. The molecule has 6 heteroatoms. The van der Waals surface area contributed by atoms with Gasteiger partial charge in [-0.05, 0) is 18.6 Å². The quantitative estimate of drug-likeness (QED) is 0.922. The molecule has 1 N–H and O–H groups in total. The number of fused-ring (bicyclic) bond motifs is 1. The Bertz CT molecular complexity index is 512. The summed E-state index contributed by atoms with van der Waals surface area (Å²) in [7, 11) is 0. The molecule has 0 aliphatic rings. The second-order valence-corrected chi connectivity index (χ2v) is 4.40. The van der Waals surface area contributed by atoms with E-state index in [0.29, 0.717) is 28.5 Å². The average molecular weight is 260 g/mol. The van der Waals surface area contributed by atoms with Gasteiger partial charge in [-0.2, -0.15) is 0 Å².